The molecule has 1 aromatic carbocycles. The standard InChI is InChI=1S/C24H33N5O.HI/c1-26-23(28-21-19-10-14-30-22(19)24(21)11-4-5-12-24)27-18-8-6-13-29(16-18)20-9-3-2-7-17(20)15-25;/h2-3,7,9,18-19,21-22H,4-6,8,10-14,16H2,1H3,(H2,26,27,28);1H. The maximum Gasteiger partial charge on any atom is 0.191 e. The van der Waals surface area contributed by atoms with Crippen molar-refractivity contribution in [3.63, 3.8) is 0 Å². The second kappa shape index (κ2) is 9.53. The second-order valence-corrected chi connectivity index (χ2v) is 9.44. The third-order valence-electron chi connectivity index (χ3n) is 7.93. The van der Waals surface area contributed by atoms with Crippen LogP contribution in [0.5, 0.6) is 0 Å². The normalized spacial score (nSPS) is 31.4. The zero-order valence-corrected chi connectivity index (χ0v) is 20.7. The lowest BCUT2D eigenvalue weighted by molar-refractivity contribution is -0.125. The van der Waals surface area contributed by atoms with Crippen LogP contribution in [0.3, 0.4) is 0 Å². The molecule has 7 heteroatoms. The molecule has 4 fully saturated rings. The van der Waals surface area contributed by atoms with Gasteiger partial charge in [0.05, 0.1) is 17.4 Å². The molecule has 2 aliphatic carbocycles. The monoisotopic (exact) mass is 535 g/mol. The number of aliphatic imine (C=N–C) groups is 1. The minimum absolute atomic E-state index is 0. The van der Waals surface area contributed by atoms with Gasteiger partial charge in [0.1, 0.15) is 6.07 Å². The highest BCUT2D eigenvalue weighted by Crippen LogP contribution is 2.60. The summed E-state index contributed by atoms with van der Waals surface area (Å²) in [6, 6.07) is 11.1. The van der Waals surface area contributed by atoms with Gasteiger partial charge in [0, 0.05) is 50.2 Å². The fraction of sp³-hybridized carbons (Fsp3) is 0.667. The number of rotatable bonds is 3. The summed E-state index contributed by atoms with van der Waals surface area (Å²) >= 11 is 0. The Hall–Kier alpha value is -1.53. The molecule has 1 aromatic rings. The topological polar surface area (TPSA) is 72.7 Å². The molecule has 31 heavy (non-hydrogen) atoms. The Morgan fingerprint density at radius 3 is 2.77 bits per heavy atom. The van der Waals surface area contributed by atoms with Crippen LogP contribution >= 0.6 is 24.0 Å². The van der Waals surface area contributed by atoms with E-state index in [9.17, 15) is 5.26 Å². The third-order valence-corrected chi connectivity index (χ3v) is 7.93. The number of anilines is 1. The molecule has 168 valence electrons. The van der Waals surface area contributed by atoms with Crippen molar-refractivity contribution in [1.29, 1.82) is 5.26 Å². The Bertz CT molecular complexity index is 847. The van der Waals surface area contributed by atoms with Crippen LogP contribution in [0, 0.1) is 22.7 Å². The Kier molecular flexibility index (Phi) is 6.97. The predicted molar refractivity (Wildman–Crippen MR) is 134 cm³/mol. The number of guanidine groups is 1. The van der Waals surface area contributed by atoms with Gasteiger partial charge >= 0.3 is 0 Å². The molecule has 2 aliphatic heterocycles. The molecule has 4 aliphatic rings. The van der Waals surface area contributed by atoms with Crippen LogP contribution in [0.4, 0.5) is 5.69 Å². The summed E-state index contributed by atoms with van der Waals surface area (Å²) in [5.74, 6) is 1.56. The summed E-state index contributed by atoms with van der Waals surface area (Å²) in [6.45, 7) is 2.80. The molecular weight excluding hydrogens is 501 g/mol. The van der Waals surface area contributed by atoms with Gasteiger partial charge in [-0.25, -0.2) is 0 Å². The molecule has 0 radical (unpaired) electrons. The molecule has 0 aromatic heterocycles. The lowest BCUT2D eigenvalue weighted by Gasteiger charge is -2.57. The van der Waals surface area contributed by atoms with Crippen molar-refractivity contribution in [1.82, 2.24) is 10.6 Å². The lowest BCUT2D eigenvalue weighted by atomic mass is 9.54. The van der Waals surface area contributed by atoms with Crippen molar-refractivity contribution in [3.05, 3.63) is 29.8 Å². The molecular formula is C24H34IN5O. The first-order valence-corrected chi connectivity index (χ1v) is 11.6. The zero-order valence-electron chi connectivity index (χ0n) is 18.3. The molecule has 6 nitrogen and oxygen atoms in total. The number of hydrogen-bond donors (Lipinski definition) is 2. The maximum atomic E-state index is 9.48. The van der Waals surface area contributed by atoms with Gasteiger partial charge in [-0.3, -0.25) is 4.99 Å². The first-order valence-electron chi connectivity index (χ1n) is 11.6. The fourth-order valence-electron chi connectivity index (χ4n) is 6.57. The minimum atomic E-state index is 0. The zero-order chi connectivity index (χ0) is 20.6. The molecule has 4 unspecified atom stereocenters. The highest BCUT2D eigenvalue weighted by molar-refractivity contribution is 14.0. The van der Waals surface area contributed by atoms with Gasteiger partial charge in [-0.05, 0) is 44.2 Å². The van der Waals surface area contributed by atoms with Gasteiger partial charge in [-0.2, -0.15) is 5.26 Å². The number of ether oxygens (including phenoxy) is 1. The van der Waals surface area contributed by atoms with Crippen LogP contribution in [0.1, 0.15) is 50.5 Å². The van der Waals surface area contributed by atoms with E-state index in [1.54, 1.807) is 0 Å². The van der Waals surface area contributed by atoms with Gasteiger partial charge < -0.3 is 20.3 Å². The van der Waals surface area contributed by atoms with Crippen LogP contribution in [-0.4, -0.2) is 50.9 Å². The third kappa shape index (κ3) is 4.02. The van der Waals surface area contributed by atoms with E-state index in [0.29, 0.717) is 29.5 Å². The van der Waals surface area contributed by atoms with Crippen molar-refractivity contribution in [2.24, 2.45) is 16.3 Å². The number of nitriles is 1. The highest BCUT2D eigenvalue weighted by atomic mass is 127. The number of hydrogen-bond acceptors (Lipinski definition) is 4. The minimum Gasteiger partial charge on any atom is -0.377 e. The highest BCUT2D eigenvalue weighted by Gasteiger charge is 2.65. The number of nitrogens with one attached hydrogen (secondary N) is 2. The summed E-state index contributed by atoms with van der Waals surface area (Å²) in [5, 5.41) is 17.0. The van der Waals surface area contributed by atoms with Crippen molar-refractivity contribution in [2.45, 2.75) is 63.1 Å². The van der Waals surface area contributed by atoms with Crippen molar-refractivity contribution in [3.8, 4) is 6.07 Å². The van der Waals surface area contributed by atoms with Crippen LogP contribution in [0.15, 0.2) is 29.3 Å². The quantitative estimate of drug-likeness (QED) is 0.351. The van der Waals surface area contributed by atoms with E-state index in [4.69, 9.17) is 4.74 Å². The van der Waals surface area contributed by atoms with Gasteiger partial charge in [0.25, 0.3) is 0 Å². The Morgan fingerprint density at radius 1 is 1.19 bits per heavy atom. The van der Waals surface area contributed by atoms with Gasteiger partial charge in [-0.15, -0.1) is 24.0 Å². The summed E-state index contributed by atoms with van der Waals surface area (Å²) in [4.78, 5) is 6.93. The first-order chi connectivity index (χ1) is 14.7. The SMILES string of the molecule is CN=C(NC1CCCN(c2ccccc2C#N)C1)NC1C2CCOC2C12CCCC2.I. The summed E-state index contributed by atoms with van der Waals surface area (Å²) < 4.78 is 6.14. The van der Waals surface area contributed by atoms with E-state index < -0.39 is 0 Å². The van der Waals surface area contributed by atoms with E-state index in [1.807, 2.05) is 25.2 Å². The van der Waals surface area contributed by atoms with E-state index in [1.165, 1.54) is 32.1 Å². The molecule has 2 saturated carbocycles. The summed E-state index contributed by atoms with van der Waals surface area (Å²) in [5.41, 5.74) is 2.12. The Morgan fingerprint density at radius 2 is 2.00 bits per heavy atom. The van der Waals surface area contributed by atoms with Gasteiger partial charge in [0.2, 0.25) is 0 Å². The van der Waals surface area contributed by atoms with E-state index in [2.05, 4.69) is 32.7 Å². The maximum absolute atomic E-state index is 9.48. The molecule has 1 spiro atoms. The number of piperidine rings is 1. The number of para-hydroxylation sites is 1. The molecule has 0 bridgehead atoms. The number of nitrogens with zero attached hydrogens (tertiary/aromatic N) is 3. The molecule has 0 amide bonds. The van der Waals surface area contributed by atoms with Gasteiger partial charge in [-0.1, -0.05) is 25.0 Å². The van der Waals surface area contributed by atoms with Crippen molar-refractivity contribution in [2.75, 3.05) is 31.6 Å². The van der Waals surface area contributed by atoms with Gasteiger partial charge in [0.15, 0.2) is 5.96 Å². The number of halogens is 1. The molecule has 2 saturated heterocycles. The lowest BCUT2D eigenvalue weighted by Crippen LogP contribution is -2.69. The first kappa shape index (κ1) is 22.7. The van der Waals surface area contributed by atoms with E-state index in [-0.39, 0.29) is 24.0 Å². The van der Waals surface area contributed by atoms with Crippen LogP contribution in [0.2, 0.25) is 0 Å². The smallest absolute Gasteiger partial charge is 0.191 e. The molecule has 2 heterocycles. The largest absolute Gasteiger partial charge is 0.377 e. The van der Waals surface area contributed by atoms with Crippen molar-refractivity contribution < 1.29 is 4.74 Å². The average molecular weight is 535 g/mol. The predicted octanol–water partition coefficient (Wildman–Crippen LogP) is 3.66. The average Bonchev–Trinajstić information content (AvgIpc) is 3.46. The summed E-state index contributed by atoms with van der Waals surface area (Å²) in [6.07, 6.45) is 9.08. The molecule has 4 atom stereocenters. The molecule has 2 N–H and O–H groups in total. The fourth-order valence-corrected chi connectivity index (χ4v) is 6.57. The van der Waals surface area contributed by atoms with E-state index in [0.717, 1.165) is 49.7 Å². The van der Waals surface area contributed by atoms with Crippen LogP contribution < -0.4 is 15.5 Å². The number of fused-ring (bicyclic) bond motifs is 2. The second-order valence-electron chi connectivity index (χ2n) is 9.44. The van der Waals surface area contributed by atoms with Crippen LogP contribution in [0.25, 0.3) is 0 Å². The van der Waals surface area contributed by atoms with Crippen LogP contribution in [-0.2, 0) is 4.74 Å². The van der Waals surface area contributed by atoms with Crippen molar-refractivity contribution >= 4 is 35.6 Å². The molecule has 5 rings (SSSR count). The van der Waals surface area contributed by atoms with E-state index >= 15 is 0 Å². The Balaban J connectivity index is 0.00000231. The summed E-state index contributed by atoms with van der Waals surface area (Å²) in [7, 11) is 1.88. The number of benzene rings is 1. The Labute approximate surface area is 202 Å².